The fourth-order valence-electron chi connectivity index (χ4n) is 2.25. The summed E-state index contributed by atoms with van der Waals surface area (Å²) >= 11 is 5.36. The van der Waals surface area contributed by atoms with Crippen molar-refractivity contribution >= 4 is 23.2 Å². The highest BCUT2D eigenvalue weighted by Crippen LogP contribution is 2.28. The van der Waals surface area contributed by atoms with E-state index in [1.54, 1.807) is 7.11 Å². The molecule has 1 atom stereocenters. The molecule has 2 aromatic carbocycles. The van der Waals surface area contributed by atoms with Gasteiger partial charge in [-0.15, -0.1) is 0 Å². The van der Waals surface area contributed by atoms with Crippen LogP contribution < -0.4 is 4.74 Å². The zero-order valence-corrected chi connectivity index (χ0v) is 13.2. The van der Waals surface area contributed by atoms with E-state index in [1.807, 2.05) is 66.5 Å². The van der Waals surface area contributed by atoms with Crippen molar-refractivity contribution in [2.24, 2.45) is 4.99 Å². The van der Waals surface area contributed by atoms with Crippen LogP contribution in [0.4, 0.5) is 0 Å². The van der Waals surface area contributed by atoms with Gasteiger partial charge >= 0.3 is 0 Å². The molecule has 0 saturated heterocycles. The molecule has 1 unspecified atom stereocenters. The summed E-state index contributed by atoms with van der Waals surface area (Å²) in [7, 11) is 3.52. The lowest BCUT2D eigenvalue weighted by atomic mass is 10.1. The Kier molecular flexibility index (Phi) is 4.06. The normalized spacial score (nSPS) is 17.7. The molecular weight excluding hydrogens is 296 g/mol. The number of thiocarbonyl (C=S) groups is 1. The monoisotopic (exact) mass is 312 g/mol. The topological polar surface area (TPSA) is 34.1 Å². The van der Waals surface area contributed by atoms with Crippen LogP contribution in [0, 0.1) is 0 Å². The van der Waals surface area contributed by atoms with Crippen molar-refractivity contribution in [1.29, 1.82) is 0 Å². The number of methoxy groups -OCH3 is 1. The first kappa shape index (κ1) is 14.5. The van der Waals surface area contributed by atoms with Crippen molar-refractivity contribution < 1.29 is 9.47 Å². The number of nitrogens with zero attached hydrogens (tertiary/aromatic N) is 2. The maximum Gasteiger partial charge on any atom is 0.225 e. The molecule has 4 nitrogen and oxygen atoms in total. The van der Waals surface area contributed by atoms with E-state index in [4.69, 9.17) is 21.7 Å². The molecular formula is C17H16N2O2S. The molecule has 22 heavy (non-hydrogen) atoms. The molecule has 0 bridgehead atoms. The number of benzene rings is 2. The molecule has 0 radical (unpaired) electrons. The van der Waals surface area contributed by atoms with E-state index in [0.29, 0.717) is 11.0 Å². The molecule has 0 aliphatic carbocycles. The van der Waals surface area contributed by atoms with Crippen LogP contribution in [0.25, 0.3) is 0 Å². The smallest absolute Gasteiger partial charge is 0.225 e. The van der Waals surface area contributed by atoms with Crippen LogP contribution >= 0.6 is 12.2 Å². The van der Waals surface area contributed by atoms with Gasteiger partial charge < -0.3 is 14.4 Å². The van der Waals surface area contributed by atoms with Crippen LogP contribution in [0.2, 0.25) is 0 Å². The molecule has 1 aliphatic heterocycles. The van der Waals surface area contributed by atoms with Gasteiger partial charge in [-0.2, -0.15) is 4.99 Å². The zero-order chi connectivity index (χ0) is 15.5. The minimum atomic E-state index is -0.300. The lowest BCUT2D eigenvalue weighted by Gasteiger charge is -2.33. The average molecular weight is 312 g/mol. The summed E-state index contributed by atoms with van der Waals surface area (Å²) in [4.78, 5) is 6.21. The first-order valence-corrected chi connectivity index (χ1v) is 7.31. The lowest BCUT2D eigenvalue weighted by Crippen LogP contribution is -2.37. The fourth-order valence-corrected chi connectivity index (χ4v) is 2.43. The highest BCUT2D eigenvalue weighted by atomic mass is 32.1. The van der Waals surface area contributed by atoms with Crippen molar-refractivity contribution in [3.8, 4) is 5.75 Å². The van der Waals surface area contributed by atoms with Crippen LogP contribution in [0.3, 0.4) is 0 Å². The minimum absolute atomic E-state index is 0.300. The van der Waals surface area contributed by atoms with Crippen LogP contribution in [0.15, 0.2) is 59.6 Å². The Morgan fingerprint density at radius 2 is 1.77 bits per heavy atom. The van der Waals surface area contributed by atoms with E-state index >= 15 is 0 Å². The van der Waals surface area contributed by atoms with E-state index in [2.05, 4.69) is 4.99 Å². The van der Waals surface area contributed by atoms with Crippen LogP contribution in [0.1, 0.15) is 17.4 Å². The van der Waals surface area contributed by atoms with E-state index in [9.17, 15) is 0 Å². The van der Waals surface area contributed by atoms with Gasteiger partial charge in [-0.25, -0.2) is 0 Å². The molecule has 2 aromatic rings. The van der Waals surface area contributed by atoms with Gasteiger partial charge in [0.25, 0.3) is 0 Å². The Morgan fingerprint density at radius 3 is 2.41 bits per heavy atom. The predicted octanol–water partition coefficient (Wildman–Crippen LogP) is 3.39. The molecule has 0 saturated carbocycles. The number of rotatable bonds is 3. The predicted molar refractivity (Wildman–Crippen MR) is 90.2 cm³/mol. The van der Waals surface area contributed by atoms with E-state index in [0.717, 1.165) is 16.9 Å². The highest BCUT2D eigenvalue weighted by Gasteiger charge is 2.28. The molecule has 0 aromatic heterocycles. The summed E-state index contributed by atoms with van der Waals surface area (Å²) in [6, 6.07) is 17.5. The van der Waals surface area contributed by atoms with Gasteiger partial charge in [0.15, 0.2) is 0 Å². The van der Waals surface area contributed by atoms with E-state index < -0.39 is 0 Å². The second kappa shape index (κ2) is 6.15. The summed E-state index contributed by atoms with van der Waals surface area (Å²) in [6.45, 7) is 0. The number of hydrogen-bond donors (Lipinski definition) is 0. The number of hydrogen-bond acceptors (Lipinski definition) is 3. The quantitative estimate of drug-likeness (QED) is 0.814. The van der Waals surface area contributed by atoms with Crippen molar-refractivity contribution in [3.63, 3.8) is 0 Å². The first-order valence-electron chi connectivity index (χ1n) is 6.90. The molecule has 0 fully saturated rings. The fraction of sp³-hybridized carbons (Fsp3) is 0.176. The minimum Gasteiger partial charge on any atom is -0.497 e. The van der Waals surface area contributed by atoms with Crippen LogP contribution in [0.5, 0.6) is 5.75 Å². The molecule has 5 heteroatoms. The van der Waals surface area contributed by atoms with Crippen molar-refractivity contribution in [2.75, 3.05) is 14.2 Å². The summed E-state index contributed by atoms with van der Waals surface area (Å²) in [6.07, 6.45) is -0.300. The Labute approximate surface area is 135 Å². The summed E-state index contributed by atoms with van der Waals surface area (Å²) in [5.74, 6) is 1.35. The summed E-state index contributed by atoms with van der Waals surface area (Å²) in [5.41, 5.74) is 1.91. The third kappa shape index (κ3) is 2.80. The van der Waals surface area contributed by atoms with Gasteiger partial charge in [0.05, 0.1) is 7.11 Å². The van der Waals surface area contributed by atoms with Gasteiger partial charge in [0.1, 0.15) is 5.75 Å². The Hall–Kier alpha value is -2.40. The maximum atomic E-state index is 6.06. The third-order valence-electron chi connectivity index (χ3n) is 3.50. The summed E-state index contributed by atoms with van der Waals surface area (Å²) in [5, 5.41) is 0.505. The van der Waals surface area contributed by atoms with Gasteiger partial charge in [-0.05, 0) is 48.6 Å². The Balaban J connectivity index is 1.92. The molecule has 0 spiro atoms. The van der Waals surface area contributed by atoms with Gasteiger partial charge in [0, 0.05) is 18.2 Å². The van der Waals surface area contributed by atoms with Gasteiger partial charge in [-0.1, -0.05) is 18.2 Å². The van der Waals surface area contributed by atoms with Gasteiger partial charge in [0.2, 0.25) is 17.2 Å². The van der Waals surface area contributed by atoms with Crippen molar-refractivity contribution in [2.45, 2.75) is 6.23 Å². The zero-order valence-electron chi connectivity index (χ0n) is 12.4. The second-order valence-corrected chi connectivity index (χ2v) is 5.28. The third-order valence-corrected chi connectivity index (χ3v) is 3.87. The van der Waals surface area contributed by atoms with Crippen molar-refractivity contribution in [3.05, 3.63) is 65.7 Å². The largest absolute Gasteiger partial charge is 0.497 e. The number of ether oxygens (including phenoxy) is 2. The first-order chi connectivity index (χ1) is 10.7. The molecule has 0 amide bonds. The lowest BCUT2D eigenvalue weighted by molar-refractivity contribution is 0.0757. The molecule has 1 heterocycles. The summed E-state index contributed by atoms with van der Waals surface area (Å²) < 4.78 is 11.3. The number of aliphatic imine (C=N–C) groups is 1. The second-order valence-electron chi connectivity index (χ2n) is 4.92. The molecule has 0 N–H and O–H groups in total. The maximum absolute atomic E-state index is 6.06. The molecule has 3 rings (SSSR count). The highest BCUT2D eigenvalue weighted by molar-refractivity contribution is 7.80. The van der Waals surface area contributed by atoms with Crippen LogP contribution in [-0.4, -0.2) is 30.1 Å². The van der Waals surface area contributed by atoms with E-state index in [1.165, 1.54) is 0 Å². The van der Waals surface area contributed by atoms with Gasteiger partial charge in [-0.3, -0.25) is 0 Å². The molecule has 1 aliphatic rings. The molecule has 112 valence electrons. The van der Waals surface area contributed by atoms with Crippen molar-refractivity contribution in [1.82, 2.24) is 4.90 Å². The Morgan fingerprint density at radius 1 is 1.09 bits per heavy atom. The van der Waals surface area contributed by atoms with Crippen LogP contribution in [-0.2, 0) is 4.74 Å². The average Bonchev–Trinajstić information content (AvgIpc) is 2.58. The van der Waals surface area contributed by atoms with E-state index in [-0.39, 0.29) is 6.23 Å². The standard InChI is InChI=1S/C17H16N2O2S/c1-19-16(13-8-10-14(20-2)11-9-13)21-15(18-17(19)22)12-6-4-3-5-7-12/h3-11,16H,1-2H3. The Bertz CT molecular complexity index is 698. The SMILES string of the molecule is COc1ccc(C2OC(c3ccccc3)=NC(=S)N2C)cc1.